The fourth-order valence-corrected chi connectivity index (χ4v) is 5.19. The number of aryl methyl sites for hydroxylation is 3. The fourth-order valence-electron chi connectivity index (χ4n) is 4.11. The summed E-state index contributed by atoms with van der Waals surface area (Å²) < 4.78 is 1.89. The number of nitrogens with one attached hydrogen (secondary N) is 2. The van der Waals surface area contributed by atoms with Crippen molar-refractivity contribution in [2.24, 2.45) is 0 Å². The number of nitrogens with zero attached hydrogens (tertiary/aromatic N) is 3. The normalized spacial score (nSPS) is 17.2. The average molecular weight is 456 g/mol. The number of carbonyl (C=O) groups excluding carboxylic acids is 1. The molecule has 2 heterocycles. The molecule has 1 aliphatic heterocycles. The smallest absolute Gasteiger partial charge is 0.240 e. The summed E-state index contributed by atoms with van der Waals surface area (Å²) in [5.74, 6) is 0.655. The molecule has 166 valence electrons. The molecular formula is C26H25N5OS. The van der Waals surface area contributed by atoms with Crippen LogP contribution >= 0.6 is 11.8 Å². The van der Waals surface area contributed by atoms with E-state index in [-0.39, 0.29) is 11.9 Å². The van der Waals surface area contributed by atoms with Crippen LogP contribution in [0.25, 0.3) is 11.4 Å². The van der Waals surface area contributed by atoms with Crippen LogP contribution in [0.2, 0.25) is 0 Å². The number of carbonyl (C=O) groups is 1. The number of aromatic nitrogens is 3. The van der Waals surface area contributed by atoms with Gasteiger partial charge in [0, 0.05) is 11.3 Å². The van der Waals surface area contributed by atoms with Crippen molar-refractivity contribution >= 4 is 23.4 Å². The largest absolute Gasteiger partial charge is 0.325 e. The van der Waals surface area contributed by atoms with Gasteiger partial charge in [0.1, 0.15) is 5.25 Å². The van der Waals surface area contributed by atoms with E-state index in [0.29, 0.717) is 5.16 Å². The summed E-state index contributed by atoms with van der Waals surface area (Å²) in [6, 6.07) is 24.0. The van der Waals surface area contributed by atoms with Crippen LogP contribution in [-0.2, 0) is 4.79 Å². The van der Waals surface area contributed by atoms with Crippen molar-refractivity contribution in [3.8, 4) is 11.4 Å². The quantitative estimate of drug-likeness (QED) is 0.439. The molecule has 2 N–H and O–H groups in total. The van der Waals surface area contributed by atoms with Gasteiger partial charge in [-0.2, -0.15) is 0 Å². The number of hydrogen-bond donors (Lipinski definition) is 2. The van der Waals surface area contributed by atoms with E-state index in [4.69, 9.17) is 0 Å². The van der Waals surface area contributed by atoms with Crippen LogP contribution in [0.4, 0.5) is 5.69 Å². The second-order valence-electron chi connectivity index (χ2n) is 8.43. The Morgan fingerprint density at radius 1 is 0.909 bits per heavy atom. The SMILES string of the molecule is Cc1ccc([C@@H]2Nn3c(nnc3-c3ccccc3)S[C@@H]2C(=O)Nc2cc(C)cc(C)c2)cc1. The molecule has 0 aliphatic carbocycles. The molecule has 1 amide bonds. The van der Waals surface area contributed by atoms with Gasteiger partial charge < -0.3 is 10.7 Å². The Kier molecular flexibility index (Phi) is 5.64. The van der Waals surface area contributed by atoms with E-state index < -0.39 is 5.25 Å². The lowest BCUT2D eigenvalue weighted by Crippen LogP contribution is -2.41. The van der Waals surface area contributed by atoms with Crippen molar-refractivity contribution in [1.29, 1.82) is 0 Å². The fraction of sp³-hybridized carbons (Fsp3) is 0.192. The minimum absolute atomic E-state index is 0.0708. The topological polar surface area (TPSA) is 71.8 Å². The molecule has 0 bridgehead atoms. The van der Waals surface area contributed by atoms with Gasteiger partial charge >= 0.3 is 0 Å². The van der Waals surface area contributed by atoms with E-state index in [1.54, 1.807) is 0 Å². The van der Waals surface area contributed by atoms with Gasteiger partial charge in [-0.25, -0.2) is 4.68 Å². The van der Waals surface area contributed by atoms with Crippen LogP contribution < -0.4 is 10.7 Å². The molecule has 5 rings (SSSR count). The van der Waals surface area contributed by atoms with Gasteiger partial charge in [0.15, 0.2) is 5.82 Å². The summed E-state index contributed by atoms with van der Waals surface area (Å²) >= 11 is 1.43. The van der Waals surface area contributed by atoms with Gasteiger partial charge in [-0.3, -0.25) is 4.79 Å². The maximum absolute atomic E-state index is 13.5. The summed E-state index contributed by atoms with van der Waals surface area (Å²) in [5.41, 5.74) is 9.73. The summed E-state index contributed by atoms with van der Waals surface area (Å²) in [6.45, 7) is 6.12. The number of hydrogen-bond acceptors (Lipinski definition) is 5. The minimum atomic E-state index is -0.422. The Labute approximate surface area is 197 Å². The lowest BCUT2D eigenvalue weighted by Gasteiger charge is -2.33. The zero-order valence-corrected chi connectivity index (χ0v) is 19.6. The zero-order valence-electron chi connectivity index (χ0n) is 18.7. The molecule has 1 aromatic heterocycles. The maximum atomic E-state index is 13.5. The Morgan fingerprint density at radius 3 is 2.30 bits per heavy atom. The minimum Gasteiger partial charge on any atom is -0.325 e. The van der Waals surface area contributed by atoms with Gasteiger partial charge in [-0.15, -0.1) is 10.2 Å². The van der Waals surface area contributed by atoms with Gasteiger partial charge in [0.25, 0.3) is 0 Å². The van der Waals surface area contributed by atoms with E-state index >= 15 is 0 Å². The lowest BCUT2D eigenvalue weighted by molar-refractivity contribution is -0.116. The van der Waals surface area contributed by atoms with Crippen LogP contribution in [0.5, 0.6) is 0 Å². The highest BCUT2D eigenvalue weighted by atomic mass is 32.2. The molecule has 7 heteroatoms. The van der Waals surface area contributed by atoms with E-state index in [0.717, 1.165) is 33.8 Å². The summed E-state index contributed by atoms with van der Waals surface area (Å²) in [7, 11) is 0. The van der Waals surface area contributed by atoms with E-state index in [9.17, 15) is 4.79 Å². The van der Waals surface area contributed by atoms with Crippen LogP contribution in [0.3, 0.4) is 0 Å². The molecule has 4 aromatic rings. The second kappa shape index (κ2) is 8.75. The lowest BCUT2D eigenvalue weighted by atomic mass is 10.0. The Balaban J connectivity index is 1.51. The molecule has 0 spiro atoms. The van der Waals surface area contributed by atoms with Gasteiger partial charge in [-0.1, -0.05) is 78.0 Å². The first kappa shape index (κ1) is 21.3. The van der Waals surface area contributed by atoms with Crippen LogP contribution in [0.1, 0.15) is 28.3 Å². The molecule has 33 heavy (non-hydrogen) atoms. The van der Waals surface area contributed by atoms with Crippen LogP contribution in [-0.4, -0.2) is 26.0 Å². The predicted octanol–water partition coefficient (Wildman–Crippen LogP) is 5.27. The summed E-state index contributed by atoms with van der Waals surface area (Å²) in [5, 5.41) is 12.1. The van der Waals surface area contributed by atoms with E-state index in [1.165, 1.54) is 17.3 Å². The number of rotatable bonds is 4. The summed E-state index contributed by atoms with van der Waals surface area (Å²) in [4.78, 5) is 13.5. The Bertz CT molecular complexity index is 1280. The Hall–Kier alpha value is -3.58. The first-order valence-corrected chi connectivity index (χ1v) is 11.8. The second-order valence-corrected chi connectivity index (χ2v) is 9.54. The van der Waals surface area contributed by atoms with Crippen molar-refractivity contribution in [3.63, 3.8) is 0 Å². The number of benzene rings is 3. The third-order valence-electron chi connectivity index (χ3n) is 5.65. The molecule has 0 radical (unpaired) electrons. The van der Waals surface area contributed by atoms with Gasteiger partial charge in [0.2, 0.25) is 11.1 Å². The first-order chi connectivity index (χ1) is 16.0. The molecule has 0 unspecified atom stereocenters. The first-order valence-electron chi connectivity index (χ1n) is 10.9. The molecule has 1 aliphatic rings. The Morgan fingerprint density at radius 2 is 1.61 bits per heavy atom. The molecule has 0 saturated heterocycles. The molecule has 6 nitrogen and oxygen atoms in total. The standard InChI is InChI=1S/C26H25N5OS/c1-16-9-11-19(12-10-16)22-23(25(32)27-21-14-17(2)13-18(3)15-21)33-26-29-28-24(31(26)30-22)20-7-5-4-6-8-20/h4-15,22-23,30H,1-3H3,(H,27,32)/t22-,23-/m0/s1. The molecule has 3 aromatic carbocycles. The molecular weight excluding hydrogens is 430 g/mol. The van der Waals surface area contributed by atoms with Crippen LogP contribution in [0.15, 0.2) is 78.0 Å². The third-order valence-corrected chi connectivity index (χ3v) is 6.87. The highest BCUT2D eigenvalue weighted by Crippen LogP contribution is 2.39. The molecule has 2 atom stereocenters. The molecule has 0 saturated carbocycles. The number of amides is 1. The zero-order chi connectivity index (χ0) is 22.9. The predicted molar refractivity (Wildman–Crippen MR) is 133 cm³/mol. The van der Waals surface area contributed by atoms with E-state index in [1.807, 2.05) is 61.0 Å². The summed E-state index contributed by atoms with van der Waals surface area (Å²) in [6.07, 6.45) is 0. The third kappa shape index (κ3) is 4.36. The van der Waals surface area contributed by atoms with Crippen LogP contribution in [0, 0.1) is 20.8 Å². The van der Waals surface area contributed by atoms with E-state index in [2.05, 4.69) is 58.2 Å². The highest BCUT2D eigenvalue weighted by Gasteiger charge is 2.38. The number of fused-ring (bicyclic) bond motifs is 1. The van der Waals surface area contributed by atoms with Gasteiger partial charge in [-0.05, 0) is 49.6 Å². The van der Waals surface area contributed by atoms with Crippen molar-refractivity contribution in [3.05, 3.63) is 95.1 Å². The monoisotopic (exact) mass is 455 g/mol. The van der Waals surface area contributed by atoms with Crippen molar-refractivity contribution in [1.82, 2.24) is 14.9 Å². The maximum Gasteiger partial charge on any atom is 0.240 e. The van der Waals surface area contributed by atoms with Crippen molar-refractivity contribution < 1.29 is 4.79 Å². The average Bonchev–Trinajstić information content (AvgIpc) is 3.21. The highest BCUT2D eigenvalue weighted by molar-refractivity contribution is 8.00. The van der Waals surface area contributed by atoms with Crippen molar-refractivity contribution in [2.75, 3.05) is 10.7 Å². The number of anilines is 1. The van der Waals surface area contributed by atoms with Gasteiger partial charge in [0.05, 0.1) is 6.04 Å². The number of thioether (sulfide) groups is 1. The molecule has 0 fully saturated rings. The van der Waals surface area contributed by atoms with Crippen molar-refractivity contribution in [2.45, 2.75) is 37.2 Å².